The average molecular weight is 306 g/mol. The number of carbonyl (C=O) groups is 1. The standard InChI is InChI=1S/C14H11F5O2/c1-2-10(4-3-5-14(17,18)19)21-13-11(15)6-9(8-20)7-12(13)16/h2,4,6-8H,1,3,5H2/b10-4+. The van der Waals surface area contributed by atoms with Gasteiger partial charge >= 0.3 is 6.18 Å². The lowest BCUT2D eigenvalue weighted by Gasteiger charge is -2.10. The summed E-state index contributed by atoms with van der Waals surface area (Å²) in [4.78, 5) is 10.4. The van der Waals surface area contributed by atoms with Gasteiger partial charge in [0.25, 0.3) is 0 Å². The third-order valence-corrected chi connectivity index (χ3v) is 2.35. The molecule has 7 heteroatoms. The van der Waals surface area contributed by atoms with Crippen molar-refractivity contribution < 1.29 is 31.5 Å². The summed E-state index contributed by atoms with van der Waals surface area (Å²) >= 11 is 0. The highest BCUT2D eigenvalue weighted by atomic mass is 19.4. The molecule has 0 aromatic heterocycles. The third kappa shape index (κ3) is 5.37. The SMILES string of the molecule is C=C/C(=C\CCC(F)(F)F)Oc1c(F)cc(C=O)cc1F. The molecule has 1 rings (SSSR count). The van der Waals surface area contributed by atoms with Crippen molar-refractivity contribution in [1.29, 1.82) is 0 Å². The Bertz CT molecular complexity index is 538. The van der Waals surface area contributed by atoms with Crippen LogP contribution in [0.5, 0.6) is 5.75 Å². The second-order valence-electron chi connectivity index (χ2n) is 4.00. The number of ether oxygens (including phenoxy) is 1. The molecular formula is C14H11F5O2. The van der Waals surface area contributed by atoms with E-state index in [2.05, 4.69) is 6.58 Å². The number of allylic oxidation sites excluding steroid dienone is 2. The molecule has 2 nitrogen and oxygen atoms in total. The topological polar surface area (TPSA) is 26.3 Å². The molecule has 0 saturated carbocycles. The van der Waals surface area contributed by atoms with E-state index in [-0.39, 0.29) is 17.6 Å². The van der Waals surface area contributed by atoms with Gasteiger partial charge in [-0.25, -0.2) is 8.78 Å². The molecular weight excluding hydrogens is 295 g/mol. The zero-order valence-corrected chi connectivity index (χ0v) is 10.7. The van der Waals surface area contributed by atoms with Crippen LogP contribution < -0.4 is 4.74 Å². The van der Waals surface area contributed by atoms with Crippen molar-refractivity contribution in [3.8, 4) is 5.75 Å². The second kappa shape index (κ2) is 7.01. The smallest absolute Gasteiger partial charge is 0.389 e. The predicted octanol–water partition coefficient (Wildman–Crippen LogP) is 4.57. The number of rotatable bonds is 6. The van der Waals surface area contributed by atoms with Gasteiger partial charge in [-0.1, -0.05) is 6.58 Å². The lowest BCUT2D eigenvalue weighted by molar-refractivity contribution is -0.133. The number of hydrogen-bond donors (Lipinski definition) is 0. The van der Waals surface area contributed by atoms with Crippen LogP contribution in [0.1, 0.15) is 23.2 Å². The minimum atomic E-state index is -4.34. The molecule has 0 aliphatic rings. The Morgan fingerprint density at radius 2 is 1.81 bits per heavy atom. The van der Waals surface area contributed by atoms with Crippen LogP contribution in [0.2, 0.25) is 0 Å². The Morgan fingerprint density at radius 1 is 1.24 bits per heavy atom. The van der Waals surface area contributed by atoms with Gasteiger partial charge < -0.3 is 4.74 Å². The molecule has 0 N–H and O–H groups in total. The van der Waals surface area contributed by atoms with Crippen molar-refractivity contribution in [2.75, 3.05) is 0 Å². The Balaban J connectivity index is 2.89. The molecule has 1 aromatic rings. The summed E-state index contributed by atoms with van der Waals surface area (Å²) in [5.41, 5.74) is -0.224. The molecule has 0 bridgehead atoms. The van der Waals surface area contributed by atoms with Crippen LogP contribution in [0, 0.1) is 11.6 Å². The van der Waals surface area contributed by atoms with Gasteiger partial charge in [-0.3, -0.25) is 4.79 Å². The molecule has 0 saturated heterocycles. The van der Waals surface area contributed by atoms with Crippen molar-refractivity contribution in [1.82, 2.24) is 0 Å². The number of benzene rings is 1. The van der Waals surface area contributed by atoms with Gasteiger partial charge in [-0.15, -0.1) is 0 Å². The quantitative estimate of drug-likeness (QED) is 0.333. The van der Waals surface area contributed by atoms with Crippen LogP contribution in [0.3, 0.4) is 0 Å². The van der Waals surface area contributed by atoms with Gasteiger partial charge in [0.1, 0.15) is 12.0 Å². The largest absolute Gasteiger partial charge is 0.452 e. The van der Waals surface area contributed by atoms with Crippen molar-refractivity contribution in [2.24, 2.45) is 0 Å². The van der Waals surface area contributed by atoms with Crippen molar-refractivity contribution >= 4 is 6.29 Å². The molecule has 0 heterocycles. The highest BCUT2D eigenvalue weighted by Gasteiger charge is 2.25. The van der Waals surface area contributed by atoms with Crippen molar-refractivity contribution in [3.05, 3.63) is 53.8 Å². The minimum absolute atomic E-state index is 0.212. The maximum Gasteiger partial charge on any atom is 0.389 e. The van der Waals surface area contributed by atoms with Crippen LogP contribution in [0.25, 0.3) is 0 Å². The van der Waals surface area contributed by atoms with E-state index in [0.29, 0.717) is 0 Å². The zero-order valence-electron chi connectivity index (χ0n) is 10.7. The molecule has 0 atom stereocenters. The van der Waals surface area contributed by atoms with Gasteiger partial charge in [-0.05, 0) is 30.7 Å². The summed E-state index contributed by atoms with van der Waals surface area (Å²) in [6.07, 6.45) is -3.55. The monoisotopic (exact) mass is 306 g/mol. The highest BCUT2D eigenvalue weighted by Crippen LogP contribution is 2.26. The lowest BCUT2D eigenvalue weighted by atomic mass is 10.2. The number of halogens is 5. The molecule has 0 unspecified atom stereocenters. The fourth-order valence-corrected chi connectivity index (χ4v) is 1.41. The second-order valence-corrected chi connectivity index (χ2v) is 4.00. The zero-order chi connectivity index (χ0) is 16.0. The van der Waals surface area contributed by atoms with E-state index >= 15 is 0 Å². The first-order chi connectivity index (χ1) is 9.76. The van der Waals surface area contributed by atoms with E-state index in [1.165, 1.54) is 0 Å². The molecule has 0 fully saturated rings. The number of alkyl halides is 3. The van der Waals surface area contributed by atoms with Crippen LogP contribution in [0.15, 0.2) is 36.6 Å². The predicted molar refractivity (Wildman–Crippen MR) is 65.9 cm³/mol. The van der Waals surface area contributed by atoms with Crippen LogP contribution in [0.4, 0.5) is 22.0 Å². The number of carbonyl (C=O) groups excluding carboxylic acids is 1. The Kier molecular flexibility index (Phi) is 5.63. The third-order valence-electron chi connectivity index (χ3n) is 2.35. The first-order valence-electron chi connectivity index (χ1n) is 5.78. The summed E-state index contributed by atoms with van der Waals surface area (Å²) < 4.78 is 67.9. The van der Waals surface area contributed by atoms with E-state index in [9.17, 15) is 26.7 Å². The van der Waals surface area contributed by atoms with E-state index in [1.807, 2.05) is 0 Å². The highest BCUT2D eigenvalue weighted by molar-refractivity contribution is 5.75. The summed E-state index contributed by atoms with van der Waals surface area (Å²) in [6, 6.07) is 1.50. The maximum absolute atomic E-state index is 13.5. The first-order valence-corrected chi connectivity index (χ1v) is 5.78. The molecule has 1 aromatic carbocycles. The van der Waals surface area contributed by atoms with Gasteiger partial charge in [0, 0.05) is 12.0 Å². The normalized spacial score (nSPS) is 12.1. The number of hydrogen-bond acceptors (Lipinski definition) is 2. The Morgan fingerprint density at radius 3 is 2.24 bits per heavy atom. The molecule has 21 heavy (non-hydrogen) atoms. The Labute approximate surface area is 117 Å². The van der Waals surface area contributed by atoms with Gasteiger partial charge in [0.05, 0.1) is 0 Å². The van der Waals surface area contributed by atoms with E-state index in [1.54, 1.807) is 0 Å². The molecule has 0 aliphatic carbocycles. The fourth-order valence-electron chi connectivity index (χ4n) is 1.41. The van der Waals surface area contributed by atoms with E-state index in [0.717, 1.165) is 24.3 Å². The number of aldehydes is 1. The van der Waals surface area contributed by atoms with Crippen molar-refractivity contribution in [2.45, 2.75) is 19.0 Å². The van der Waals surface area contributed by atoms with Crippen LogP contribution in [-0.2, 0) is 0 Å². The molecule has 0 spiro atoms. The van der Waals surface area contributed by atoms with Crippen molar-refractivity contribution in [3.63, 3.8) is 0 Å². The molecule has 0 radical (unpaired) electrons. The fraction of sp³-hybridized carbons (Fsp3) is 0.214. The van der Waals surface area contributed by atoms with E-state index < -0.39 is 36.4 Å². The molecule has 0 aliphatic heterocycles. The lowest BCUT2D eigenvalue weighted by Crippen LogP contribution is -2.06. The maximum atomic E-state index is 13.5. The summed E-state index contributed by atoms with van der Waals surface area (Å²) in [7, 11) is 0. The van der Waals surface area contributed by atoms with Crippen LogP contribution in [-0.4, -0.2) is 12.5 Å². The van der Waals surface area contributed by atoms with Gasteiger partial charge in [-0.2, -0.15) is 13.2 Å². The molecule has 0 amide bonds. The average Bonchev–Trinajstić information content (AvgIpc) is 2.39. The summed E-state index contributed by atoms with van der Waals surface area (Å²) in [6.45, 7) is 3.29. The first kappa shape index (κ1) is 16.9. The Hall–Kier alpha value is -2.18. The summed E-state index contributed by atoms with van der Waals surface area (Å²) in [5, 5.41) is 0. The van der Waals surface area contributed by atoms with E-state index in [4.69, 9.17) is 4.74 Å². The summed E-state index contributed by atoms with van der Waals surface area (Å²) in [5.74, 6) is -3.30. The van der Waals surface area contributed by atoms with Gasteiger partial charge in [0.2, 0.25) is 0 Å². The molecule has 114 valence electrons. The van der Waals surface area contributed by atoms with Gasteiger partial charge in [0.15, 0.2) is 17.4 Å². The van der Waals surface area contributed by atoms with Crippen LogP contribution >= 0.6 is 0 Å². The minimum Gasteiger partial charge on any atom is -0.452 e.